The van der Waals surface area contributed by atoms with Gasteiger partial charge in [-0.15, -0.1) is 21.5 Å². The van der Waals surface area contributed by atoms with Crippen molar-refractivity contribution in [3.05, 3.63) is 17.5 Å². The highest BCUT2D eigenvalue weighted by molar-refractivity contribution is 7.13. The van der Waals surface area contributed by atoms with Crippen LogP contribution in [0.25, 0.3) is 10.7 Å². The van der Waals surface area contributed by atoms with Crippen LogP contribution in [0.15, 0.2) is 17.5 Å². The summed E-state index contributed by atoms with van der Waals surface area (Å²) in [6.45, 7) is 5.20. The van der Waals surface area contributed by atoms with E-state index in [4.69, 9.17) is 0 Å². The van der Waals surface area contributed by atoms with Crippen LogP contribution in [0.3, 0.4) is 0 Å². The molecule has 2 aromatic rings. The van der Waals surface area contributed by atoms with E-state index in [-0.39, 0.29) is 0 Å². The quantitative estimate of drug-likeness (QED) is 0.888. The number of nitrogens with one attached hydrogen (secondary N) is 1. The fraction of sp³-hybridized carbons (Fsp3) is 0.500. The Morgan fingerprint density at radius 2 is 2.33 bits per heavy atom. The van der Waals surface area contributed by atoms with Crippen LogP contribution in [0.2, 0.25) is 0 Å². The highest BCUT2D eigenvalue weighted by Crippen LogP contribution is 2.26. The van der Waals surface area contributed by atoms with Gasteiger partial charge in [-0.3, -0.25) is 4.57 Å². The first-order chi connectivity index (χ1) is 8.77. The van der Waals surface area contributed by atoms with Crippen LogP contribution in [0, 0.1) is 0 Å². The summed E-state index contributed by atoms with van der Waals surface area (Å²) < 4.78 is 2.09. The normalized spacial score (nSPS) is 20.3. The highest BCUT2D eigenvalue weighted by Gasteiger charge is 2.23. The zero-order valence-electron chi connectivity index (χ0n) is 10.6. The minimum absolute atomic E-state index is 0.456. The first kappa shape index (κ1) is 11.7. The molecular weight excluding hydrogens is 246 g/mol. The molecule has 1 aliphatic rings. The third-order valence-electron chi connectivity index (χ3n) is 3.35. The molecule has 6 heteroatoms. The lowest BCUT2D eigenvalue weighted by Crippen LogP contribution is -2.50. The molecule has 5 nitrogen and oxygen atoms in total. The maximum absolute atomic E-state index is 4.36. The summed E-state index contributed by atoms with van der Waals surface area (Å²) in [5.74, 6) is 1.91. The third kappa shape index (κ3) is 1.91. The van der Waals surface area contributed by atoms with Crippen molar-refractivity contribution in [3.8, 4) is 10.7 Å². The van der Waals surface area contributed by atoms with Gasteiger partial charge in [-0.1, -0.05) is 6.07 Å². The Kier molecular flexibility index (Phi) is 3.05. The molecule has 0 bridgehead atoms. The fourth-order valence-corrected chi connectivity index (χ4v) is 3.07. The molecule has 1 aliphatic heterocycles. The summed E-state index contributed by atoms with van der Waals surface area (Å²) in [5, 5.41) is 14.2. The van der Waals surface area contributed by atoms with Crippen molar-refractivity contribution in [1.82, 2.24) is 20.1 Å². The Labute approximate surface area is 110 Å². The van der Waals surface area contributed by atoms with Crippen LogP contribution in [-0.2, 0) is 7.05 Å². The summed E-state index contributed by atoms with van der Waals surface area (Å²) >= 11 is 1.70. The number of hydrogen-bond donors (Lipinski definition) is 1. The number of thiophene rings is 1. The summed E-state index contributed by atoms with van der Waals surface area (Å²) in [6, 6.07) is 4.58. The van der Waals surface area contributed by atoms with Gasteiger partial charge in [-0.25, -0.2) is 0 Å². The predicted molar refractivity (Wildman–Crippen MR) is 74.0 cm³/mol. The second kappa shape index (κ2) is 4.70. The lowest BCUT2D eigenvalue weighted by Gasteiger charge is -2.34. The van der Waals surface area contributed by atoms with Gasteiger partial charge in [0, 0.05) is 32.7 Å². The van der Waals surface area contributed by atoms with E-state index in [0.717, 1.165) is 31.4 Å². The molecule has 2 aromatic heterocycles. The van der Waals surface area contributed by atoms with E-state index in [1.807, 2.05) is 13.1 Å². The standard InChI is InChI=1S/C12H17N5S/c1-9-8-13-5-6-17(9)12-15-14-11(16(12)2)10-4-3-7-18-10/h3-4,7,9,13H,5-6,8H2,1-2H3. The maximum atomic E-state index is 4.36. The van der Waals surface area contributed by atoms with Gasteiger partial charge in [0.25, 0.3) is 0 Å². The lowest BCUT2D eigenvalue weighted by atomic mass is 10.2. The lowest BCUT2D eigenvalue weighted by molar-refractivity contribution is 0.488. The Hall–Kier alpha value is -1.40. The van der Waals surface area contributed by atoms with E-state index >= 15 is 0 Å². The molecule has 0 aliphatic carbocycles. The third-order valence-corrected chi connectivity index (χ3v) is 4.22. The van der Waals surface area contributed by atoms with Crippen LogP contribution in [0.1, 0.15) is 6.92 Å². The molecule has 1 unspecified atom stereocenters. The molecular formula is C12H17N5S. The van der Waals surface area contributed by atoms with Gasteiger partial charge in [0.05, 0.1) is 4.88 Å². The number of nitrogens with zero attached hydrogens (tertiary/aromatic N) is 4. The van der Waals surface area contributed by atoms with Crippen LogP contribution in [-0.4, -0.2) is 40.4 Å². The fourth-order valence-electron chi connectivity index (χ4n) is 2.33. The zero-order valence-corrected chi connectivity index (χ0v) is 11.4. The molecule has 0 aromatic carbocycles. The second-order valence-electron chi connectivity index (χ2n) is 4.61. The molecule has 1 saturated heterocycles. The van der Waals surface area contributed by atoms with Gasteiger partial charge in [0.15, 0.2) is 5.82 Å². The van der Waals surface area contributed by atoms with E-state index in [1.54, 1.807) is 11.3 Å². The SMILES string of the molecule is CC1CNCCN1c1nnc(-c2cccs2)n1C. The number of aromatic nitrogens is 3. The topological polar surface area (TPSA) is 46.0 Å². The number of hydrogen-bond acceptors (Lipinski definition) is 5. The molecule has 1 N–H and O–H groups in total. The molecule has 0 amide bonds. The van der Waals surface area contributed by atoms with Crippen molar-refractivity contribution in [2.45, 2.75) is 13.0 Å². The van der Waals surface area contributed by atoms with E-state index in [1.165, 1.54) is 4.88 Å². The average Bonchev–Trinajstić information content (AvgIpc) is 2.99. The largest absolute Gasteiger partial charge is 0.336 e. The second-order valence-corrected chi connectivity index (χ2v) is 5.55. The minimum Gasteiger partial charge on any atom is -0.336 e. The van der Waals surface area contributed by atoms with Gasteiger partial charge < -0.3 is 10.2 Å². The van der Waals surface area contributed by atoms with E-state index in [0.29, 0.717) is 6.04 Å². The van der Waals surface area contributed by atoms with Gasteiger partial charge in [0.1, 0.15) is 0 Å². The van der Waals surface area contributed by atoms with Crippen molar-refractivity contribution in [1.29, 1.82) is 0 Å². The van der Waals surface area contributed by atoms with Crippen molar-refractivity contribution < 1.29 is 0 Å². The average molecular weight is 263 g/mol. The van der Waals surface area contributed by atoms with E-state index in [9.17, 15) is 0 Å². The van der Waals surface area contributed by atoms with Crippen molar-refractivity contribution in [2.24, 2.45) is 7.05 Å². The Balaban J connectivity index is 1.94. The molecule has 0 spiro atoms. The van der Waals surface area contributed by atoms with Gasteiger partial charge in [-0.2, -0.15) is 0 Å². The van der Waals surface area contributed by atoms with E-state index in [2.05, 4.69) is 43.4 Å². The Bertz CT molecular complexity index is 519. The molecule has 0 radical (unpaired) electrons. The summed E-state index contributed by atoms with van der Waals surface area (Å²) in [7, 11) is 2.04. The first-order valence-electron chi connectivity index (χ1n) is 6.18. The molecule has 1 atom stereocenters. The zero-order chi connectivity index (χ0) is 12.5. The molecule has 1 fully saturated rings. The van der Waals surface area contributed by atoms with Gasteiger partial charge in [0.2, 0.25) is 5.95 Å². The van der Waals surface area contributed by atoms with E-state index < -0.39 is 0 Å². The van der Waals surface area contributed by atoms with Crippen LogP contribution >= 0.6 is 11.3 Å². The Morgan fingerprint density at radius 3 is 3.06 bits per heavy atom. The molecule has 3 heterocycles. The summed E-state index contributed by atoms with van der Waals surface area (Å²) in [4.78, 5) is 3.49. The number of piperazine rings is 1. The van der Waals surface area contributed by atoms with Gasteiger partial charge in [-0.05, 0) is 18.4 Å². The van der Waals surface area contributed by atoms with Crippen molar-refractivity contribution in [2.75, 3.05) is 24.5 Å². The van der Waals surface area contributed by atoms with Crippen LogP contribution < -0.4 is 10.2 Å². The number of anilines is 1. The molecule has 3 rings (SSSR count). The molecule has 18 heavy (non-hydrogen) atoms. The Morgan fingerprint density at radius 1 is 1.44 bits per heavy atom. The highest BCUT2D eigenvalue weighted by atomic mass is 32.1. The van der Waals surface area contributed by atoms with Crippen LogP contribution in [0.5, 0.6) is 0 Å². The summed E-state index contributed by atoms with van der Waals surface area (Å²) in [5.41, 5.74) is 0. The predicted octanol–water partition coefficient (Wildman–Crippen LogP) is 1.34. The maximum Gasteiger partial charge on any atom is 0.227 e. The molecule has 96 valence electrons. The smallest absolute Gasteiger partial charge is 0.227 e. The van der Waals surface area contributed by atoms with Crippen molar-refractivity contribution >= 4 is 17.3 Å². The number of rotatable bonds is 2. The minimum atomic E-state index is 0.456. The molecule has 0 saturated carbocycles. The van der Waals surface area contributed by atoms with Gasteiger partial charge >= 0.3 is 0 Å². The van der Waals surface area contributed by atoms with Crippen molar-refractivity contribution in [3.63, 3.8) is 0 Å². The first-order valence-corrected chi connectivity index (χ1v) is 7.06. The monoisotopic (exact) mass is 263 g/mol. The van der Waals surface area contributed by atoms with Crippen LogP contribution in [0.4, 0.5) is 5.95 Å². The summed E-state index contributed by atoms with van der Waals surface area (Å²) in [6.07, 6.45) is 0.